The van der Waals surface area contributed by atoms with Gasteiger partial charge in [-0.15, -0.1) is 10.2 Å². The lowest BCUT2D eigenvalue weighted by Gasteiger charge is -2.36. The number of aromatic nitrogens is 3. The molecule has 0 saturated carbocycles. The summed E-state index contributed by atoms with van der Waals surface area (Å²) >= 11 is 1.44. The molecule has 2 heterocycles. The SMILES string of the molecule is CCn1c(SCC(=O)N2CCN(c3ccccc3)CC2)nnc1[C@H](C)Oc1ccccc1. The molecule has 2 aromatic carbocycles. The number of hydrogen-bond donors (Lipinski definition) is 0. The first kappa shape index (κ1) is 22.2. The Balaban J connectivity index is 1.31. The minimum atomic E-state index is -0.235. The molecule has 0 aliphatic carbocycles. The lowest BCUT2D eigenvalue weighted by Crippen LogP contribution is -2.49. The molecular weight excluding hydrogens is 422 g/mol. The Bertz CT molecular complexity index is 1000. The molecule has 1 aromatic heterocycles. The van der Waals surface area contributed by atoms with E-state index in [1.807, 2.05) is 64.9 Å². The first-order chi connectivity index (χ1) is 15.7. The molecule has 0 N–H and O–H groups in total. The lowest BCUT2D eigenvalue weighted by atomic mass is 10.2. The number of ether oxygens (including phenoxy) is 1. The number of anilines is 1. The van der Waals surface area contributed by atoms with Crippen molar-refractivity contribution in [1.29, 1.82) is 0 Å². The highest BCUT2D eigenvalue weighted by Crippen LogP contribution is 2.25. The fourth-order valence-corrected chi connectivity index (χ4v) is 4.74. The van der Waals surface area contributed by atoms with Gasteiger partial charge in [-0.05, 0) is 38.1 Å². The third-order valence-corrected chi connectivity index (χ3v) is 6.51. The maximum absolute atomic E-state index is 12.8. The summed E-state index contributed by atoms with van der Waals surface area (Å²) in [5.74, 6) is 2.06. The van der Waals surface area contributed by atoms with Crippen molar-refractivity contribution in [1.82, 2.24) is 19.7 Å². The van der Waals surface area contributed by atoms with Crippen LogP contribution in [0.25, 0.3) is 0 Å². The first-order valence-electron chi connectivity index (χ1n) is 11.0. The summed E-state index contributed by atoms with van der Waals surface area (Å²) in [6, 6.07) is 20.0. The minimum absolute atomic E-state index is 0.142. The summed E-state index contributed by atoms with van der Waals surface area (Å²) < 4.78 is 8.04. The van der Waals surface area contributed by atoms with Gasteiger partial charge < -0.3 is 19.1 Å². The number of carbonyl (C=O) groups is 1. The number of para-hydroxylation sites is 2. The second-order valence-corrected chi connectivity index (χ2v) is 8.59. The van der Waals surface area contributed by atoms with E-state index in [4.69, 9.17) is 4.74 Å². The van der Waals surface area contributed by atoms with Crippen LogP contribution in [0.3, 0.4) is 0 Å². The van der Waals surface area contributed by atoms with E-state index in [2.05, 4.69) is 34.2 Å². The molecule has 3 aromatic rings. The van der Waals surface area contributed by atoms with E-state index >= 15 is 0 Å². The zero-order chi connectivity index (χ0) is 22.3. The summed E-state index contributed by atoms with van der Waals surface area (Å²) in [7, 11) is 0. The van der Waals surface area contributed by atoms with Crippen LogP contribution in [0.4, 0.5) is 5.69 Å². The summed E-state index contributed by atoms with van der Waals surface area (Å²) in [6.45, 7) is 7.92. The molecule has 0 radical (unpaired) electrons. The quantitative estimate of drug-likeness (QED) is 0.485. The van der Waals surface area contributed by atoms with Crippen molar-refractivity contribution in [2.24, 2.45) is 0 Å². The summed E-state index contributed by atoms with van der Waals surface area (Å²) in [6.07, 6.45) is -0.235. The van der Waals surface area contributed by atoms with Crippen LogP contribution in [0.15, 0.2) is 65.8 Å². The van der Waals surface area contributed by atoms with Crippen LogP contribution in [0.2, 0.25) is 0 Å². The molecule has 1 aliphatic rings. The number of thioether (sulfide) groups is 1. The molecule has 1 fully saturated rings. The van der Waals surface area contributed by atoms with Crippen molar-refractivity contribution in [2.45, 2.75) is 31.7 Å². The van der Waals surface area contributed by atoms with Gasteiger partial charge in [0.25, 0.3) is 0 Å². The predicted molar refractivity (Wildman–Crippen MR) is 127 cm³/mol. The molecule has 168 valence electrons. The average molecular weight is 452 g/mol. The molecule has 0 bridgehead atoms. The Labute approximate surface area is 193 Å². The minimum Gasteiger partial charge on any atom is -0.483 e. The van der Waals surface area contributed by atoms with E-state index < -0.39 is 0 Å². The maximum atomic E-state index is 12.8. The van der Waals surface area contributed by atoms with Gasteiger partial charge in [-0.3, -0.25) is 4.79 Å². The van der Waals surface area contributed by atoms with Gasteiger partial charge in [0.05, 0.1) is 5.75 Å². The van der Waals surface area contributed by atoms with Crippen LogP contribution < -0.4 is 9.64 Å². The molecule has 1 saturated heterocycles. The van der Waals surface area contributed by atoms with Crippen LogP contribution in [0.1, 0.15) is 25.8 Å². The van der Waals surface area contributed by atoms with Crippen LogP contribution in [0.5, 0.6) is 5.75 Å². The van der Waals surface area contributed by atoms with Gasteiger partial charge in [-0.25, -0.2) is 0 Å². The molecule has 1 aliphatic heterocycles. The Kier molecular flexibility index (Phi) is 7.32. The van der Waals surface area contributed by atoms with Gasteiger partial charge in [0.1, 0.15) is 5.75 Å². The molecular formula is C24H29N5O2S. The van der Waals surface area contributed by atoms with E-state index in [-0.39, 0.29) is 12.0 Å². The third kappa shape index (κ3) is 5.24. The number of rotatable bonds is 8. The smallest absolute Gasteiger partial charge is 0.233 e. The third-order valence-electron chi connectivity index (χ3n) is 5.56. The Morgan fingerprint density at radius 1 is 1.00 bits per heavy atom. The highest BCUT2D eigenvalue weighted by atomic mass is 32.2. The monoisotopic (exact) mass is 451 g/mol. The maximum Gasteiger partial charge on any atom is 0.233 e. The van der Waals surface area contributed by atoms with Crippen LogP contribution in [-0.4, -0.2) is 57.5 Å². The Morgan fingerprint density at radius 2 is 1.66 bits per heavy atom. The number of hydrogen-bond acceptors (Lipinski definition) is 6. The van der Waals surface area contributed by atoms with Crippen LogP contribution >= 0.6 is 11.8 Å². The molecule has 1 amide bonds. The summed E-state index contributed by atoms with van der Waals surface area (Å²) in [4.78, 5) is 17.1. The highest BCUT2D eigenvalue weighted by Gasteiger charge is 2.23. The van der Waals surface area contributed by atoms with Crippen LogP contribution in [-0.2, 0) is 11.3 Å². The van der Waals surface area contributed by atoms with Gasteiger partial charge >= 0.3 is 0 Å². The van der Waals surface area contributed by atoms with E-state index in [1.165, 1.54) is 17.4 Å². The zero-order valence-corrected chi connectivity index (χ0v) is 19.4. The number of benzene rings is 2. The Morgan fingerprint density at radius 3 is 2.31 bits per heavy atom. The van der Waals surface area contributed by atoms with E-state index in [0.717, 1.165) is 49.5 Å². The number of carbonyl (C=O) groups excluding carboxylic acids is 1. The Hall–Kier alpha value is -3.00. The molecule has 1 atom stereocenters. The number of amides is 1. The normalized spacial score (nSPS) is 14.9. The summed E-state index contributed by atoms with van der Waals surface area (Å²) in [5, 5.41) is 9.44. The number of piperazine rings is 1. The van der Waals surface area contributed by atoms with Crippen molar-refractivity contribution in [2.75, 3.05) is 36.8 Å². The topological polar surface area (TPSA) is 63.5 Å². The second-order valence-electron chi connectivity index (χ2n) is 7.65. The van der Waals surface area contributed by atoms with E-state index in [1.54, 1.807) is 0 Å². The molecule has 0 unspecified atom stereocenters. The zero-order valence-electron chi connectivity index (χ0n) is 18.6. The molecule has 8 heteroatoms. The number of nitrogens with zero attached hydrogens (tertiary/aromatic N) is 5. The first-order valence-corrected chi connectivity index (χ1v) is 12.0. The highest BCUT2D eigenvalue weighted by molar-refractivity contribution is 7.99. The summed E-state index contributed by atoms with van der Waals surface area (Å²) in [5.41, 5.74) is 1.21. The molecule has 7 nitrogen and oxygen atoms in total. The van der Waals surface area contributed by atoms with Gasteiger partial charge in [0, 0.05) is 38.4 Å². The van der Waals surface area contributed by atoms with Crippen LogP contribution in [0, 0.1) is 0 Å². The fourth-order valence-electron chi connectivity index (χ4n) is 3.83. The van der Waals surface area contributed by atoms with Gasteiger partial charge in [-0.1, -0.05) is 48.2 Å². The molecule has 4 rings (SSSR count). The van der Waals surface area contributed by atoms with Crippen molar-refractivity contribution in [3.8, 4) is 5.75 Å². The standard InChI is InChI=1S/C24H29N5O2S/c1-3-29-23(19(2)31-21-12-8-5-9-13-21)25-26-24(29)32-18-22(30)28-16-14-27(15-17-28)20-10-6-4-7-11-20/h4-13,19H,3,14-18H2,1-2H3/t19-/m0/s1. The molecule has 32 heavy (non-hydrogen) atoms. The largest absolute Gasteiger partial charge is 0.483 e. The van der Waals surface area contributed by atoms with E-state index in [9.17, 15) is 4.79 Å². The van der Waals surface area contributed by atoms with Crippen molar-refractivity contribution in [3.63, 3.8) is 0 Å². The fraction of sp³-hybridized carbons (Fsp3) is 0.375. The van der Waals surface area contributed by atoms with Gasteiger partial charge in [0.2, 0.25) is 5.91 Å². The lowest BCUT2D eigenvalue weighted by molar-refractivity contribution is -0.128. The van der Waals surface area contributed by atoms with Crippen molar-refractivity contribution in [3.05, 3.63) is 66.5 Å². The van der Waals surface area contributed by atoms with E-state index in [0.29, 0.717) is 5.75 Å². The average Bonchev–Trinajstić information content (AvgIpc) is 3.27. The van der Waals surface area contributed by atoms with Crippen molar-refractivity contribution < 1.29 is 9.53 Å². The van der Waals surface area contributed by atoms with Gasteiger partial charge in [-0.2, -0.15) is 0 Å². The second kappa shape index (κ2) is 10.5. The van der Waals surface area contributed by atoms with Gasteiger partial charge in [0.15, 0.2) is 17.1 Å². The molecule has 0 spiro atoms. The predicted octanol–water partition coefficient (Wildman–Crippen LogP) is 3.88. The van der Waals surface area contributed by atoms with Crippen molar-refractivity contribution >= 4 is 23.4 Å².